The van der Waals surface area contributed by atoms with Gasteiger partial charge in [-0.3, -0.25) is 24.7 Å². The molecular formula is C29H27N3O8S. The van der Waals surface area contributed by atoms with Gasteiger partial charge in [-0.05, 0) is 54.3 Å². The standard InChI is InChI=1S/C29H27N3O8S/c1-19-9-13-23(14-10-19)41(37,38)30-16-15-29(27(33)39-2,28(34)40-3)26-24-18-22(32(35)36)12-11-21(24)17-25(31(26)30)20-7-5-4-6-8-20/h4-14,17-18,26H,15-16H2,1-3H3. The summed E-state index contributed by atoms with van der Waals surface area (Å²) in [5.41, 5.74) is 0.158. The van der Waals surface area contributed by atoms with Crippen molar-refractivity contribution in [1.82, 2.24) is 9.42 Å². The molecule has 1 unspecified atom stereocenters. The molecule has 0 amide bonds. The number of rotatable bonds is 6. The Kier molecular flexibility index (Phi) is 7.14. The second kappa shape index (κ2) is 10.5. The minimum atomic E-state index is -4.25. The second-order valence-corrected chi connectivity index (χ2v) is 11.6. The van der Waals surface area contributed by atoms with Crippen LogP contribution in [-0.2, 0) is 29.1 Å². The molecule has 212 valence electrons. The van der Waals surface area contributed by atoms with Crippen molar-refractivity contribution in [2.24, 2.45) is 5.41 Å². The Morgan fingerprint density at radius 1 is 0.976 bits per heavy atom. The van der Waals surface area contributed by atoms with Crippen LogP contribution in [0.5, 0.6) is 0 Å². The van der Waals surface area contributed by atoms with Crippen molar-refractivity contribution in [3.05, 3.63) is 105 Å². The Morgan fingerprint density at radius 3 is 2.20 bits per heavy atom. The number of aryl methyl sites for hydroxylation is 1. The first-order chi connectivity index (χ1) is 19.6. The molecule has 0 radical (unpaired) electrons. The van der Waals surface area contributed by atoms with Gasteiger partial charge >= 0.3 is 11.9 Å². The monoisotopic (exact) mass is 577 g/mol. The molecular weight excluding hydrogens is 550 g/mol. The van der Waals surface area contributed by atoms with Gasteiger partial charge in [0.05, 0.1) is 35.8 Å². The normalized spacial score (nSPS) is 18.0. The maximum Gasteiger partial charge on any atom is 0.325 e. The topological polar surface area (TPSA) is 136 Å². The quantitative estimate of drug-likeness (QED) is 0.184. The third-order valence-corrected chi connectivity index (χ3v) is 9.31. The molecule has 11 nitrogen and oxygen atoms in total. The Bertz CT molecular complexity index is 1650. The molecule has 0 aliphatic carbocycles. The zero-order valence-corrected chi connectivity index (χ0v) is 23.3. The number of sulfonamides is 1. The van der Waals surface area contributed by atoms with Gasteiger partial charge in [-0.1, -0.05) is 48.0 Å². The summed E-state index contributed by atoms with van der Waals surface area (Å²) in [7, 11) is -2.01. The van der Waals surface area contributed by atoms with Gasteiger partial charge in [0, 0.05) is 18.7 Å². The van der Waals surface area contributed by atoms with E-state index in [9.17, 15) is 28.1 Å². The summed E-state index contributed by atoms with van der Waals surface area (Å²) >= 11 is 0. The van der Waals surface area contributed by atoms with Crippen molar-refractivity contribution in [3.63, 3.8) is 0 Å². The van der Waals surface area contributed by atoms with Gasteiger partial charge in [0.1, 0.15) is 0 Å². The van der Waals surface area contributed by atoms with Crippen LogP contribution >= 0.6 is 0 Å². The predicted molar refractivity (Wildman–Crippen MR) is 148 cm³/mol. The molecule has 12 heteroatoms. The van der Waals surface area contributed by atoms with Gasteiger partial charge < -0.3 is 9.47 Å². The summed E-state index contributed by atoms with van der Waals surface area (Å²) in [5, 5.41) is 13.2. The summed E-state index contributed by atoms with van der Waals surface area (Å²) in [6.07, 6.45) is 1.38. The number of ether oxygens (including phenoxy) is 2. The fourth-order valence-corrected chi connectivity index (χ4v) is 7.00. The van der Waals surface area contributed by atoms with Crippen molar-refractivity contribution in [1.29, 1.82) is 0 Å². The minimum absolute atomic E-state index is 0.00253. The van der Waals surface area contributed by atoms with Gasteiger partial charge in [0.15, 0.2) is 5.41 Å². The lowest BCUT2D eigenvalue weighted by atomic mass is 9.70. The average Bonchev–Trinajstić information content (AvgIpc) is 2.99. The van der Waals surface area contributed by atoms with Crippen molar-refractivity contribution in [2.75, 3.05) is 20.8 Å². The Hall–Kier alpha value is -4.55. The maximum atomic E-state index is 14.2. The summed E-state index contributed by atoms with van der Waals surface area (Å²) < 4.78 is 39.8. The van der Waals surface area contributed by atoms with E-state index in [4.69, 9.17) is 9.47 Å². The lowest BCUT2D eigenvalue weighted by molar-refractivity contribution is -0.385. The number of nitro groups is 1. The van der Waals surface area contributed by atoms with E-state index in [0.29, 0.717) is 16.8 Å². The summed E-state index contributed by atoms with van der Waals surface area (Å²) in [6, 6.07) is 17.9. The molecule has 5 rings (SSSR count). The van der Waals surface area contributed by atoms with E-state index in [1.54, 1.807) is 48.5 Å². The second-order valence-electron chi connectivity index (χ2n) is 9.78. The molecule has 3 aromatic rings. The number of esters is 2. The number of methoxy groups -OCH3 is 2. The van der Waals surface area contributed by atoms with Crippen LogP contribution in [-0.4, -0.2) is 55.5 Å². The lowest BCUT2D eigenvalue weighted by Crippen LogP contribution is -2.63. The number of nitrogens with zero attached hydrogens (tertiary/aromatic N) is 3. The molecule has 2 aliphatic heterocycles. The number of hydrazine groups is 1. The van der Waals surface area contributed by atoms with Crippen LogP contribution in [0.3, 0.4) is 0 Å². The molecule has 41 heavy (non-hydrogen) atoms. The van der Waals surface area contributed by atoms with Gasteiger partial charge in [-0.25, -0.2) is 8.42 Å². The Balaban J connectivity index is 1.86. The van der Waals surface area contributed by atoms with E-state index in [2.05, 4.69) is 0 Å². The molecule has 1 fully saturated rings. The highest BCUT2D eigenvalue weighted by atomic mass is 32.2. The zero-order chi connectivity index (χ0) is 29.5. The van der Waals surface area contributed by atoms with Crippen molar-refractivity contribution < 1.29 is 32.4 Å². The third-order valence-electron chi connectivity index (χ3n) is 7.53. The Morgan fingerprint density at radius 2 is 1.61 bits per heavy atom. The van der Waals surface area contributed by atoms with Crippen LogP contribution < -0.4 is 0 Å². The summed E-state index contributed by atoms with van der Waals surface area (Å²) in [6.45, 7) is 1.55. The van der Waals surface area contributed by atoms with E-state index in [1.807, 2.05) is 6.92 Å². The summed E-state index contributed by atoms with van der Waals surface area (Å²) in [5.74, 6) is -1.89. The smallest absolute Gasteiger partial charge is 0.325 e. The molecule has 3 aromatic carbocycles. The molecule has 0 spiro atoms. The first-order valence-corrected chi connectivity index (χ1v) is 14.1. The van der Waals surface area contributed by atoms with Crippen LogP contribution in [0.2, 0.25) is 0 Å². The SMILES string of the molecule is COC(=O)C1(C(=O)OC)CCN(S(=O)(=O)c2ccc(C)cc2)N2C(c3ccccc3)=Cc3ccc([N+](=O)[O-])cc3C21. The van der Waals surface area contributed by atoms with Crippen LogP contribution in [0.25, 0.3) is 11.8 Å². The molecule has 0 aromatic heterocycles. The minimum Gasteiger partial charge on any atom is -0.468 e. The molecule has 1 atom stereocenters. The van der Waals surface area contributed by atoms with Crippen LogP contribution in [0.15, 0.2) is 77.7 Å². The number of hydrogen-bond acceptors (Lipinski definition) is 9. The molecule has 0 N–H and O–H groups in total. The number of carbonyl (C=O) groups excluding carboxylic acids is 2. The Labute approximate surface area is 236 Å². The number of fused-ring (bicyclic) bond motifs is 3. The van der Waals surface area contributed by atoms with Gasteiger partial charge in [-0.2, -0.15) is 0 Å². The number of non-ortho nitro benzene ring substituents is 1. The highest BCUT2D eigenvalue weighted by molar-refractivity contribution is 7.89. The number of carbonyl (C=O) groups is 2. The van der Waals surface area contributed by atoms with Crippen molar-refractivity contribution in [3.8, 4) is 0 Å². The van der Waals surface area contributed by atoms with Crippen LogP contribution in [0.4, 0.5) is 5.69 Å². The van der Waals surface area contributed by atoms with Gasteiger partial charge in [0.25, 0.3) is 15.7 Å². The van der Waals surface area contributed by atoms with Gasteiger partial charge in [-0.15, -0.1) is 4.41 Å². The molecule has 2 aliphatic rings. The van der Waals surface area contributed by atoms with E-state index >= 15 is 0 Å². The lowest BCUT2D eigenvalue weighted by Gasteiger charge is -2.54. The summed E-state index contributed by atoms with van der Waals surface area (Å²) in [4.78, 5) is 38.4. The van der Waals surface area contributed by atoms with Crippen LogP contribution in [0.1, 0.15) is 34.7 Å². The highest BCUT2D eigenvalue weighted by Gasteiger charge is 2.63. The van der Waals surface area contributed by atoms with E-state index in [-0.39, 0.29) is 29.1 Å². The van der Waals surface area contributed by atoms with Crippen molar-refractivity contribution in [2.45, 2.75) is 24.3 Å². The van der Waals surface area contributed by atoms with E-state index < -0.39 is 38.3 Å². The molecule has 0 saturated carbocycles. The fraction of sp³-hybridized carbons (Fsp3) is 0.241. The van der Waals surface area contributed by atoms with Crippen molar-refractivity contribution >= 4 is 39.4 Å². The van der Waals surface area contributed by atoms with Crippen LogP contribution in [0, 0.1) is 22.5 Å². The third kappa shape index (κ3) is 4.45. The predicted octanol–water partition coefficient (Wildman–Crippen LogP) is 4.10. The fourth-order valence-electron chi connectivity index (χ4n) is 5.54. The average molecular weight is 578 g/mol. The number of benzene rings is 3. The largest absolute Gasteiger partial charge is 0.468 e. The molecule has 0 bridgehead atoms. The molecule has 1 saturated heterocycles. The molecule has 2 heterocycles. The maximum absolute atomic E-state index is 14.2. The number of nitro benzene ring substituents is 1. The first kappa shape index (κ1) is 28.0. The highest BCUT2D eigenvalue weighted by Crippen LogP contribution is 2.55. The zero-order valence-electron chi connectivity index (χ0n) is 22.5. The number of hydrogen-bond donors (Lipinski definition) is 0. The first-order valence-electron chi connectivity index (χ1n) is 12.7. The van der Waals surface area contributed by atoms with E-state index in [0.717, 1.165) is 24.2 Å². The van der Waals surface area contributed by atoms with Gasteiger partial charge in [0.2, 0.25) is 0 Å². The van der Waals surface area contributed by atoms with E-state index in [1.165, 1.54) is 35.3 Å².